The molecule has 1 aromatic rings. The van der Waals surface area contributed by atoms with Gasteiger partial charge in [0, 0.05) is 0 Å². The van der Waals surface area contributed by atoms with E-state index in [1.165, 1.54) is 51.4 Å². The second-order valence-electron chi connectivity index (χ2n) is 5.96. The van der Waals surface area contributed by atoms with Gasteiger partial charge < -0.3 is 0 Å². The lowest BCUT2D eigenvalue weighted by Crippen LogP contribution is -2.09. The van der Waals surface area contributed by atoms with Crippen molar-refractivity contribution in [3.05, 3.63) is 35.9 Å². The quantitative estimate of drug-likeness (QED) is 0.417. The second kappa shape index (κ2) is 10.1. The van der Waals surface area contributed by atoms with Crippen molar-refractivity contribution in [3.8, 4) is 0 Å². The van der Waals surface area contributed by atoms with E-state index < -0.39 is 0 Å². The third-order valence-electron chi connectivity index (χ3n) is 4.43. The Morgan fingerprint density at radius 2 is 1.47 bits per heavy atom. The van der Waals surface area contributed by atoms with Crippen molar-refractivity contribution in [2.24, 2.45) is 5.92 Å². The highest BCUT2D eigenvalue weighted by Crippen LogP contribution is 2.31. The van der Waals surface area contributed by atoms with Crippen LogP contribution in [0.1, 0.15) is 83.6 Å². The molecule has 0 radical (unpaired) electrons. The lowest BCUT2D eigenvalue weighted by molar-refractivity contribution is 0.405. The highest BCUT2D eigenvalue weighted by molar-refractivity contribution is 5.20. The highest BCUT2D eigenvalue weighted by atomic mass is 14.2. The molecule has 1 aromatic carbocycles. The van der Waals surface area contributed by atoms with E-state index in [9.17, 15) is 0 Å². The van der Waals surface area contributed by atoms with E-state index >= 15 is 0 Å². The van der Waals surface area contributed by atoms with Crippen LogP contribution in [0, 0.1) is 5.92 Å². The van der Waals surface area contributed by atoms with Gasteiger partial charge in [-0.2, -0.15) is 0 Å². The molecule has 0 saturated heterocycles. The zero-order chi connectivity index (χ0) is 13.9. The lowest BCUT2D eigenvalue weighted by Gasteiger charge is -2.23. The minimum atomic E-state index is 0.761. The van der Waals surface area contributed by atoms with Crippen molar-refractivity contribution in [3.63, 3.8) is 0 Å². The standard InChI is InChI=1S/C19H32/c1-4-6-7-8-9-13-16-19(17(3)5-2)18-14-11-10-12-15-18/h10-12,14-15,17,19H,4-9,13,16H2,1-3H3. The first-order valence-corrected chi connectivity index (χ1v) is 8.34. The van der Waals surface area contributed by atoms with Crippen molar-refractivity contribution < 1.29 is 0 Å². The van der Waals surface area contributed by atoms with Gasteiger partial charge in [-0.05, 0) is 23.8 Å². The first-order valence-electron chi connectivity index (χ1n) is 8.34. The van der Waals surface area contributed by atoms with Crippen LogP contribution >= 0.6 is 0 Å². The molecule has 0 aliphatic rings. The maximum absolute atomic E-state index is 2.41. The fraction of sp³-hybridized carbons (Fsp3) is 0.684. The third kappa shape index (κ3) is 6.27. The van der Waals surface area contributed by atoms with Crippen LogP contribution in [0.4, 0.5) is 0 Å². The Balaban J connectivity index is 2.39. The van der Waals surface area contributed by atoms with E-state index in [2.05, 4.69) is 51.1 Å². The monoisotopic (exact) mass is 260 g/mol. The molecule has 19 heavy (non-hydrogen) atoms. The van der Waals surface area contributed by atoms with E-state index in [0.717, 1.165) is 11.8 Å². The van der Waals surface area contributed by atoms with E-state index in [1.807, 2.05) is 0 Å². The zero-order valence-electron chi connectivity index (χ0n) is 13.2. The van der Waals surface area contributed by atoms with Gasteiger partial charge in [0.05, 0.1) is 0 Å². The molecule has 0 N–H and O–H groups in total. The predicted octanol–water partition coefficient (Wildman–Crippen LogP) is 6.57. The molecule has 0 heterocycles. The van der Waals surface area contributed by atoms with Crippen molar-refractivity contribution in [1.29, 1.82) is 0 Å². The first-order chi connectivity index (χ1) is 9.29. The summed E-state index contributed by atoms with van der Waals surface area (Å²) in [6, 6.07) is 11.1. The van der Waals surface area contributed by atoms with Crippen molar-refractivity contribution >= 4 is 0 Å². The molecule has 2 atom stereocenters. The first kappa shape index (κ1) is 16.3. The summed E-state index contributed by atoms with van der Waals surface area (Å²) in [6.07, 6.45) is 11.1. The predicted molar refractivity (Wildman–Crippen MR) is 86.6 cm³/mol. The summed E-state index contributed by atoms with van der Waals surface area (Å²) in [5, 5.41) is 0. The number of benzene rings is 1. The van der Waals surface area contributed by atoms with Crippen molar-refractivity contribution in [1.82, 2.24) is 0 Å². The molecule has 0 spiro atoms. The Morgan fingerprint density at radius 1 is 0.842 bits per heavy atom. The van der Waals surface area contributed by atoms with Crippen LogP contribution in [0.15, 0.2) is 30.3 Å². The number of rotatable bonds is 10. The Bertz CT molecular complexity index is 301. The molecule has 0 aliphatic heterocycles. The topological polar surface area (TPSA) is 0 Å². The summed E-state index contributed by atoms with van der Waals surface area (Å²) in [6.45, 7) is 7.02. The SMILES string of the molecule is CCCCCCCCC(c1ccccc1)C(C)CC. The van der Waals surface area contributed by atoms with Crippen LogP contribution in [0.3, 0.4) is 0 Å². The third-order valence-corrected chi connectivity index (χ3v) is 4.43. The number of unbranched alkanes of at least 4 members (excludes halogenated alkanes) is 5. The largest absolute Gasteiger partial charge is 0.0654 e. The van der Waals surface area contributed by atoms with Gasteiger partial charge in [-0.15, -0.1) is 0 Å². The van der Waals surface area contributed by atoms with Crippen LogP contribution in [-0.2, 0) is 0 Å². The summed E-state index contributed by atoms with van der Waals surface area (Å²) in [5.74, 6) is 1.57. The Labute approximate surface area is 120 Å². The molecule has 0 bridgehead atoms. The second-order valence-corrected chi connectivity index (χ2v) is 5.96. The zero-order valence-corrected chi connectivity index (χ0v) is 13.2. The smallest absolute Gasteiger partial charge is 0.0136 e. The molecule has 0 aromatic heterocycles. The average molecular weight is 260 g/mol. The van der Waals surface area contributed by atoms with Gasteiger partial charge in [0.15, 0.2) is 0 Å². The van der Waals surface area contributed by atoms with E-state index in [0.29, 0.717) is 0 Å². The minimum absolute atomic E-state index is 0.761. The van der Waals surface area contributed by atoms with Gasteiger partial charge in [-0.1, -0.05) is 96.0 Å². The minimum Gasteiger partial charge on any atom is -0.0654 e. The van der Waals surface area contributed by atoms with Gasteiger partial charge in [0.1, 0.15) is 0 Å². The van der Waals surface area contributed by atoms with Gasteiger partial charge >= 0.3 is 0 Å². The molecular formula is C19H32. The summed E-state index contributed by atoms with van der Waals surface area (Å²) in [5.41, 5.74) is 1.55. The molecule has 0 heteroatoms. The van der Waals surface area contributed by atoms with Gasteiger partial charge in [-0.3, -0.25) is 0 Å². The van der Waals surface area contributed by atoms with Crippen molar-refractivity contribution in [2.75, 3.05) is 0 Å². The summed E-state index contributed by atoms with van der Waals surface area (Å²) >= 11 is 0. The Morgan fingerprint density at radius 3 is 2.11 bits per heavy atom. The molecule has 0 fully saturated rings. The molecule has 108 valence electrons. The number of hydrogen-bond donors (Lipinski definition) is 0. The van der Waals surface area contributed by atoms with Gasteiger partial charge in [-0.25, -0.2) is 0 Å². The van der Waals surface area contributed by atoms with Crippen LogP contribution in [0.2, 0.25) is 0 Å². The Kier molecular flexibility index (Phi) is 8.62. The molecular weight excluding hydrogens is 228 g/mol. The maximum atomic E-state index is 2.41. The van der Waals surface area contributed by atoms with Crippen LogP contribution < -0.4 is 0 Å². The highest BCUT2D eigenvalue weighted by Gasteiger charge is 2.17. The van der Waals surface area contributed by atoms with E-state index in [-0.39, 0.29) is 0 Å². The Hall–Kier alpha value is -0.780. The molecule has 0 aliphatic carbocycles. The van der Waals surface area contributed by atoms with Gasteiger partial charge in [0.2, 0.25) is 0 Å². The summed E-state index contributed by atoms with van der Waals surface area (Å²) in [4.78, 5) is 0. The lowest BCUT2D eigenvalue weighted by atomic mass is 9.82. The maximum Gasteiger partial charge on any atom is -0.0136 e. The van der Waals surface area contributed by atoms with Crippen LogP contribution in [0.25, 0.3) is 0 Å². The average Bonchev–Trinajstić information content (AvgIpc) is 2.47. The molecule has 0 amide bonds. The molecule has 2 unspecified atom stereocenters. The molecule has 0 saturated carbocycles. The summed E-state index contributed by atoms with van der Waals surface area (Å²) < 4.78 is 0. The van der Waals surface area contributed by atoms with Crippen molar-refractivity contribution in [2.45, 2.75) is 78.1 Å². The normalized spacial score (nSPS) is 14.3. The van der Waals surface area contributed by atoms with E-state index in [1.54, 1.807) is 5.56 Å². The van der Waals surface area contributed by atoms with Gasteiger partial charge in [0.25, 0.3) is 0 Å². The fourth-order valence-electron chi connectivity index (χ4n) is 2.91. The number of hydrogen-bond acceptors (Lipinski definition) is 0. The van der Waals surface area contributed by atoms with Crippen LogP contribution in [-0.4, -0.2) is 0 Å². The molecule has 0 nitrogen and oxygen atoms in total. The molecule has 1 rings (SSSR count). The fourth-order valence-corrected chi connectivity index (χ4v) is 2.91. The van der Waals surface area contributed by atoms with Crippen LogP contribution in [0.5, 0.6) is 0 Å². The summed E-state index contributed by atoms with van der Waals surface area (Å²) in [7, 11) is 0. The van der Waals surface area contributed by atoms with E-state index in [4.69, 9.17) is 0 Å².